The van der Waals surface area contributed by atoms with Crippen molar-refractivity contribution in [1.29, 1.82) is 0 Å². The van der Waals surface area contributed by atoms with Crippen LogP contribution in [0.2, 0.25) is 0 Å². The third kappa shape index (κ3) is 53.7. The summed E-state index contributed by atoms with van der Waals surface area (Å²) in [6, 6.07) is 0. The summed E-state index contributed by atoms with van der Waals surface area (Å²) in [4.78, 5) is 25.4. The lowest BCUT2D eigenvalue weighted by Crippen LogP contribution is -2.30. The van der Waals surface area contributed by atoms with Crippen LogP contribution in [0.4, 0.5) is 0 Å². The third-order valence-corrected chi connectivity index (χ3v) is 11.9. The first-order chi connectivity index (χ1) is 32.6. The highest BCUT2D eigenvalue weighted by Crippen LogP contribution is 2.15. The Morgan fingerprint density at radius 3 is 1.17 bits per heavy atom. The predicted molar refractivity (Wildman–Crippen MR) is 288 cm³/mol. The number of allylic oxidation sites excluding steroid dienone is 14. The Morgan fingerprint density at radius 2 is 0.712 bits per heavy atom. The van der Waals surface area contributed by atoms with E-state index in [-0.39, 0.29) is 25.2 Å². The number of ether oxygens (including phenoxy) is 3. The van der Waals surface area contributed by atoms with Crippen molar-refractivity contribution in [3.63, 3.8) is 0 Å². The molecule has 0 fully saturated rings. The van der Waals surface area contributed by atoms with Crippen molar-refractivity contribution in [3.05, 3.63) is 85.1 Å². The molecule has 0 heterocycles. The fourth-order valence-corrected chi connectivity index (χ4v) is 7.77. The third-order valence-electron chi connectivity index (χ3n) is 11.9. The van der Waals surface area contributed by atoms with E-state index in [1.807, 2.05) is 6.08 Å². The molecule has 0 aromatic heterocycles. The minimum Gasteiger partial charge on any atom is -0.462 e. The fraction of sp³-hybridized carbons (Fsp3) is 0.738. The molecule has 0 saturated heterocycles. The van der Waals surface area contributed by atoms with Gasteiger partial charge in [0.15, 0.2) is 6.10 Å². The van der Waals surface area contributed by atoms with Gasteiger partial charge in [0.2, 0.25) is 0 Å². The smallest absolute Gasteiger partial charge is 0.306 e. The van der Waals surface area contributed by atoms with Crippen LogP contribution in [0.1, 0.15) is 265 Å². The van der Waals surface area contributed by atoms with Crippen LogP contribution in [-0.4, -0.2) is 37.9 Å². The van der Waals surface area contributed by atoms with Crippen LogP contribution in [0.3, 0.4) is 0 Å². The van der Waals surface area contributed by atoms with E-state index in [4.69, 9.17) is 14.2 Å². The van der Waals surface area contributed by atoms with Crippen LogP contribution in [0.5, 0.6) is 0 Å². The average molecular weight is 920 g/mol. The predicted octanol–water partition coefficient (Wildman–Crippen LogP) is 19.2. The minimum absolute atomic E-state index is 0.0522. The minimum atomic E-state index is -0.580. The second-order valence-electron chi connectivity index (χ2n) is 18.5. The molecule has 0 aliphatic rings. The van der Waals surface area contributed by atoms with Crippen molar-refractivity contribution in [1.82, 2.24) is 0 Å². The van der Waals surface area contributed by atoms with Crippen LogP contribution in [-0.2, 0) is 23.8 Å². The number of hydrogen-bond donors (Lipinski definition) is 0. The van der Waals surface area contributed by atoms with Crippen molar-refractivity contribution in [2.24, 2.45) is 0 Å². The van der Waals surface area contributed by atoms with Crippen molar-refractivity contribution >= 4 is 11.9 Å². The summed E-state index contributed by atoms with van der Waals surface area (Å²) >= 11 is 0. The largest absolute Gasteiger partial charge is 0.462 e. The summed E-state index contributed by atoms with van der Waals surface area (Å²) in [6.07, 6.45) is 74.7. The highest BCUT2D eigenvalue weighted by molar-refractivity contribution is 5.70. The maximum Gasteiger partial charge on any atom is 0.306 e. The maximum absolute atomic E-state index is 12.8. The van der Waals surface area contributed by atoms with E-state index in [0.29, 0.717) is 25.9 Å². The molecule has 0 N–H and O–H groups in total. The van der Waals surface area contributed by atoms with Crippen LogP contribution in [0, 0.1) is 0 Å². The van der Waals surface area contributed by atoms with E-state index in [9.17, 15) is 9.59 Å². The molecule has 66 heavy (non-hydrogen) atoms. The van der Waals surface area contributed by atoms with E-state index < -0.39 is 6.10 Å². The number of hydrogen-bond acceptors (Lipinski definition) is 5. The molecular formula is C61H106O5. The number of unbranched alkanes of at least 4 members (excludes halogenated alkanes) is 26. The van der Waals surface area contributed by atoms with Crippen LogP contribution in [0.25, 0.3) is 0 Å². The summed E-state index contributed by atoms with van der Waals surface area (Å²) < 4.78 is 17.4. The Bertz CT molecular complexity index is 1220. The zero-order valence-electron chi connectivity index (χ0n) is 43.7. The molecule has 0 spiro atoms. The van der Waals surface area contributed by atoms with E-state index in [2.05, 4.69) is 99.8 Å². The van der Waals surface area contributed by atoms with Gasteiger partial charge in [-0.2, -0.15) is 0 Å². The van der Waals surface area contributed by atoms with Gasteiger partial charge in [-0.3, -0.25) is 9.59 Å². The van der Waals surface area contributed by atoms with Gasteiger partial charge in [-0.05, 0) is 83.5 Å². The van der Waals surface area contributed by atoms with E-state index >= 15 is 0 Å². The summed E-state index contributed by atoms with van der Waals surface area (Å²) in [5.74, 6) is -0.492. The van der Waals surface area contributed by atoms with Crippen molar-refractivity contribution in [2.75, 3.05) is 19.8 Å². The molecule has 0 aliphatic heterocycles. The second kappa shape index (κ2) is 56.4. The Morgan fingerprint density at radius 1 is 0.348 bits per heavy atom. The van der Waals surface area contributed by atoms with Gasteiger partial charge in [0.25, 0.3) is 0 Å². The highest BCUT2D eigenvalue weighted by atomic mass is 16.6. The molecule has 0 rings (SSSR count). The molecule has 0 radical (unpaired) electrons. The quantitative estimate of drug-likeness (QED) is 0.0346. The molecule has 1 atom stereocenters. The normalized spacial score (nSPS) is 12.8. The van der Waals surface area contributed by atoms with E-state index in [1.165, 1.54) is 154 Å². The summed E-state index contributed by atoms with van der Waals surface area (Å²) in [6.45, 7) is 7.65. The number of rotatable bonds is 51. The SMILES string of the molecule is CC/C=C\C/C=C\C/C=C\C/C=C\C/C=C\C/C=C\CCC(=O)O[C@H](COCCCCCCCCCCCCCCCCCC)COC(=O)CCCCCCCCC/C=C\CCCCCC. The zero-order chi connectivity index (χ0) is 47.7. The first kappa shape index (κ1) is 63.1. The molecule has 5 heteroatoms. The topological polar surface area (TPSA) is 61.8 Å². The Labute approximate surface area is 409 Å². The summed E-state index contributed by atoms with van der Waals surface area (Å²) in [7, 11) is 0. The standard InChI is InChI=1S/C61H106O5/c1-4-7-10-13-16-19-22-25-28-30-31-32-34-37-40-43-46-49-52-55-61(63)66-59(57-64-56-53-50-47-44-41-38-35-29-26-23-20-17-14-11-8-5-2)58-65-60(62)54-51-48-45-42-39-36-33-27-24-21-18-15-12-9-6-3/h7,10,16,19,21,24-25,28,31-32,37,40,46,49,59H,4-6,8-9,11-15,17-18,20,22-23,26-27,29-30,33-36,38-39,41-45,47-48,50-58H2,1-3H3/b10-7-,19-16-,24-21-,28-25-,32-31-,40-37-,49-46-/t59-/m1/s1. The van der Waals surface area contributed by atoms with Gasteiger partial charge >= 0.3 is 11.9 Å². The molecular weight excluding hydrogens is 813 g/mol. The molecule has 0 aromatic rings. The van der Waals surface area contributed by atoms with Crippen molar-refractivity contribution in [3.8, 4) is 0 Å². The molecule has 380 valence electrons. The molecule has 5 nitrogen and oxygen atoms in total. The van der Waals surface area contributed by atoms with Gasteiger partial charge in [0, 0.05) is 19.4 Å². The van der Waals surface area contributed by atoms with Gasteiger partial charge < -0.3 is 14.2 Å². The van der Waals surface area contributed by atoms with Crippen molar-refractivity contribution in [2.45, 2.75) is 271 Å². The molecule has 0 unspecified atom stereocenters. The second-order valence-corrected chi connectivity index (χ2v) is 18.5. The molecule has 0 amide bonds. The first-order valence-corrected chi connectivity index (χ1v) is 28.1. The molecule has 0 aromatic carbocycles. The lowest BCUT2D eigenvalue weighted by atomic mass is 10.0. The molecule has 0 bridgehead atoms. The Hall–Kier alpha value is -2.92. The van der Waals surface area contributed by atoms with Gasteiger partial charge in [-0.1, -0.05) is 254 Å². The average Bonchev–Trinajstić information content (AvgIpc) is 3.32. The van der Waals surface area contributed by atoms with Crippen LogP contribution in [0.15, 0.2) is 85.1 Å². The Balaban J connectivity index is 4.39. The van der Waals surface area contributed by atoms with E-state index in [1.54, 1.807) is 0 Å². The molecule has 0 saturated carbocycles. The summed E-state index contributed by atoms with van der Waals surface area (Å²) in [5.41, 5.74) is 0. The van der Waals surface area contributed by atoms with E-state index in [0.717, 1.165) is 70.6 Å². The highest BCUT2D eigenvalue weighted by Gasteiger charge is 2.17. The van der Waals surface area contributed by atoms with Crippen LogP contribution < -0.4 is 0 Å². The monoisotopic (exact) mass is 919 g/mol. The van der Waals surface area contributed by atoms with Crippen LogP contribution >= 0.6 is 0 Å². The molecule has 0 aliphatic carbocycles. The number of carbonyl (C=O) groups excluding carboxylic acids is 2. The zero-order valence-corrected chi connectivity index (χ0v) is 43.7. The number of carbonyl (C=O) groups is 2. The first-order valence-electron chi connectivity index (χ1n) is 28.1. The van der Waals surface area contributed by atoms with Gasteiger partial charge in [-0.25, -0.2) is 0 Å². The van der Waals surface area contributed by atoms with Gasteiger partial charge in [0.1, 0.15) is 6.61 Å². The van der Waals surface area contributed by atoms with Gasteiger partial charge in [-0.15, -0.1) is 0 Å². The fourth-order valence-electron chi connectivity index (χ4n) is 7.77. The lowest BCUT2D eigenvalue weighted by Gasteiger charge is -2.18. The summed E-state index contributed by atoms with van der Waals surface area (Å²) in [5, 5.41) is 0. The maximum atomic E-state index is 12.8. The lowest BCUT2D eigenvalue weighted by molar-refractivity contribution is -0.162. The number of esters is 2. The Kier molecular flexibility index (Phi) is 53.9. The van der Waals surface area contributed by atoms with Crippen molar-refractivity contribution < 1.29 is 23.8 Å². The van der Waals surface area contributed by atoms with Gasteiger partial charge in [0.05, 0.1) is 6.61 Å².